The molecule has 0 aromatic heterocycles. The van der Waals surface area contributed by atoms with Crippen molar-refractivity contribution in [2.45, 2.75) is 6.17 Å². The molecule has 40 heavy (non-hydrogen) atoms. The van der Waals surface area contributed by atoms with Crippen molar-refractivity contribution >= 4 is 29.5 Å². The maximum absolute atomic E-state index is 11.4. The highest BCUT2D eigenvalue weighted by Crippen LogP contribution is 2.31. The van der Waals surface area contributed by atoms with Crippen LogP contribution in [-0.2, 0) is 0 Å². The maximum atomic E-state index is 11.4. The van der Waals surface area contributed by atoms with Gasteiger partial charge >= 0.3 is 0 Å². The first-order chi connectivity index (χ1) is 19.3. The summed E-state index contributed by atoms with van der Waals surface area (Å²) in [4.78, 5) is 45.4. The Balaban J connectivity index is 1.44. The third-order valence-corrected chi connectivity index (χ3v) is 6.42. The quantitative estimate of drug-likeness (QED) is 0.185. The summed E-state index contributed by atoms with van der Waals surface area (Å²) in [6, 6.07) is 19.0. The zero-order chi connectivity index (χ0) is 28.5. The molecule has 13 nitrogen and oxygen atoms in total. The summed E-state index contributed by atoms with van der Waals surface area (Å²) < 4.78 is 0. The molecule has 0 atom stereocenters. The molecule has 3 aromatic carbocycles. The molecule has 0 N–H and O–H groups in total. The minimum Gasteiger partial charge on any atom is -0.291 e. The largest absolute Gasteiger partial charge is 0.291 e. The van der Waals surface area contributed by atoms with Gasteiger partial charge in [-0.3, -0.25) is 50.1 Å². The van der Waals surface area contributed by atoms with E-state index in [9.17, 15) is 30.3 Å². The van der Waals surface area contributed by atoms with Crippen LogP contribution in [0.5, 0.6) is 0 Å². The first-order valence-electron chi connectivity index (χ1n) is 12.5. The van der Waals surface area contributed by atoms with Crippen LogP contribution in [0.4, 0.5) is 17.1 Å². The van der Waals surface area contributed by atoms with E-state index >= 15 is 0 Å². The van der Waals surface area contributed by atoms with E-state index in [0.717, 1.165) is 5.56 Å². The Morgan fingerprint density at radius 3 is 1.55 bits per heavy atom. The summed E-state index contributed by atoms with van der Waals surface area (Å²) in [5, 5.41) is 33.4. The number of benzene rings is 3. The van der Waals surface area contributed by atoms with Crippen molar-refractivity contribution in [3.63, 3.8) is 0 Å². The Hall–Kier alpha value is -4.88. The fourth-order valence-electron chi connectivity index (χ4n) is 4.57. The zero-order valence-corrected chi connectivity index (χ0v) is 21.5. The Morgan fingerprint density at radius 1 is 0.675 bits per heavy atom. The van der Waals surface area contributed by atoms with E-state index in [4.69, 9.17) is 0 Å². The van der Waals surface area contributed by atoms with Gasteiger partial charge in [-0.25, -0.2) is 0 Å². The molecule has 206 valence electrons. The number of nitro groups is 3. The van der Waals surface area contributed by atoms with Gasteiger partial charge in [0.1, 0.15) is 0 Å². The summed E-state index contributed by atoms with van der Waals surface area (Å²) in [5.74, 6) is 0. The molecule has 0 unspecified atom stereocenters. The number of nitrogens with zero attached hydrogens (tertiary/aromatic N) is 7. The average molecular weight is 546 g/mol. The van der Waals surface area contributed by atoms with Crippen LogP contribution in [0.3, 0.4) is 0 Å². The van der Waals surface area contributed by atoms with Crippen LogP contribution in [-0.4, -0.2) is 76.3 Å². The maximum Gasteiger partial charge on any atom is 0.270 e. The van der Waals surface area contributed by atoms with Crippen molar-refractivity contribution in [2.24, 2.45) is 9.98 Å². The monoisotopic (exact) mass is 545 g/mol. The summed E-state index contributed by atoms with van der Waals surface area (Å²) in [7, 11) is 0. The Bertz CT molecular complexity index is 1360. The highest BCUT2D eigenvalue weighted by Gasteiger charge is 2.33. The first kappa shape index (κ1) is 28.1. The van der Waals surface area contributed by atoms with Gasteiger partial charge in [0.25, 0.3) is 17.1 Å². The Kier molecular flexibility index (Phi) is 9.33. The third-order valence-electron chi connectivity index (χ3n) is 6.42. The van der Waals surface area contributed by atoms with Crippen molar-refractivity contribution < 1.29 is 14.8 Å². The lowest BCUT2D eigenvalue weighted by Gasteiger charge is -2.30. The molecule has 1 aliphatic rings. The Morgan fingerprint density at radius 2 is 1.10 bits per heavy atom. The van der Waals surface area contributed by atoms with E-state index < -0.39 is 14.8 Å². The molecule has 3 aromatic rings. The fourth-order valence-corrected chi connectivity index (χ4v) is 4.57. The fraction of sp³-hybridized carbons (Fsp3) is 0.259. The van der Waals surface area contributed by atoms with E-state index in [2.05, 4.69) is 19.8 Å². The predicted molar refractivity (Wildman–Crippen MR) is 150 cm³/mol. The summed E-state index contributed by atoms with van der Waals surface area (Å²) >= 11 is 0. The zero-order valence-electron chi connectivity index (χ0n) is 21.5. The van der Waals surface area contributed by atoms with Crippen LogP contribution < -0.4 is 0 Å². The summed E-state index contributed by atoms with van der Waals surface area (Å²) in [5.41, 5.74) is 2.06. The van der Waals surface area contributed by atoms with E-state index in [1.54, 1.807) is 48.8 Å². The van der Waals surface area contributed by atoms with Gasteiger partial charge in [0.2, 0.25) is 0 Å². The van der Waals surface area contributed by atoms with Crippen LogP contribution in [0.2, 0.25) is 0 Å². The second kappa shape index (κ2) is 13.3. The van der Waals surface area contributed by atoms with Gasteiger partial charge in [0.15, 0.2) is 0 Å². The van der Waals surface area contributed by atoms with Crippen molar-refractivity contribution in [1.29, 1.82) is 0 Å². The standard InChI is InChI=1S/C27H27N7O6/c35-32(36)24-7-1-4-21(16-24)19-28-10-12-30-14-15-31(27(30)23-6-3-9-26(18-23)34(39)40)13-11-29-20-22-5-2-8-25(17-22)33(37)38/h1-9,16-20,27H,10-15H2. The van der Waals surface area contributed by atoms with Crippen molar-refractivity contribution in [3.05, 3.63) is 120 Å². The lowest BCUT2D eigenvalue weighted by Crippen LogP contribution is -2.33. The first-order valence-corrected chi connectivity index (χ1v) is 12.5. The molecule has 1 aliphatic heterocycles. The minimum atomic E-state index is -0.451. The molecule has 1 saturated heterocycles. The normalized spacial score (nSPS) is 16.1. The average Bonchev–Trinajstić information content (AvgIpc) is 3.36. The van der Waals surface area contributed by atoms with Gasteiger partial charge in [-0.05, 0) is 16.7 Å². The van der Waals surface area contributed by atoms with Gasteiger partial charge in [0, 0.05) is 75.0 Å². The molecular weight excluding hydrogens is 518 g/mol. The highest BCUT2D eigenvalue weighted by atomic mass is 16.6. The lowest BCUT2D eigenvalue weighted by molar-refractivity contribution is -0.385. The number of aliphatic imine (C=N–C) groups is 2. The molecule has 1 heterocycles. The lowest BCUT2D eigenvalue weighted by atomic mass is 10.1. The molecule has 1 fully saturated rings. The smallest absolute Gasteiger partial charge is 0.270 e. The second-order valence-electron chi connectivity index (χ2n) is 9.07. The SMILES string of the molecule is O=[N+]([O-])c1cccc(C=NCCN2CCN(CCN=Cc3cccc([N+](=O)[O-])c3)C2c2cccc([N+](=O)[O-])c2)c1. The molecule has 0 bridgehead atoms. The van der Waals surface area contributed by atoms with Crippen LogP contribution in [0.15, 0.2) is 82.8 Å². The van der Waals surface area contributed by atoms with Crippen LogP contribution >= 0.6 is 0 Å². The molecule has 13 heteroatoms. The van der Waals surface area contributed by atoms with Gasteiger partial charge in [-0.15, -0.1) is 0 Å². The molecule has 0 radical (unpaired) electrons. The Labute approximate surface area is 229 Å². The molecule has 0 aliphatic carbocycles. The number of hydrogen-bond donors (Lipinski definition) is 0. The topological polar surface area (TPSA) is 161 Å². The van der Waals surface area contributed by atoms with E-state index in [0.29, 0.717) is 50.4 Å². The van der Waals surface area contributed by atoms with Gasteiger partial charge in [-0.2, -0.15) is 0 Å². The summed E-state index contributed by atoms with van der Waals surface area (Å²) in [6.07, 6.45) is 2.98. The van der Waals surface area contributed by atoms with Crippen molar-refractivity contribution in [2.75, 3.05) is 39.3 Å². The predicted octanol–water partition coefficient (Wildman–Crippen LogP) is 4.27. The third kappa shape index (κ3) is 7.36. The van der Waals surface area contributed by atoms with E-state index in [1.165, 1.54) is 30.3 Å². The van der Waals surface area contributed by atoms with Crippen molar-refractivity contribution in [1.82, 2.24) is 9.80 Å². The van der Waals surface area contributed by atoms with Crippen LogP contribution in [0, 0.1) is 30.3 Å². The summed E-state index contributed by atoms with van der Waals surface area (Å²) in [6.45, 7) is 3.46. The number of nitro benzene ring substituents is 3. The molecule has 0 spiro atoms. The minimum absolute atomic E-state index is 0.00184. The second-order valence-corrected chi connectivity index (χ2v) is 9.07. The molecule has 4 rings (SSSR count). The number of non-ortho nitro benzene ring substituents is 3. The number of hydrogen-bond acceptors (Lipinski definition) is 10. The van der Waals surface area contributed by atoms with E-state index in [1.807, 2.05) is 6.07 Å². The highest BCUT2D eigenvalue weighted by molar-refractivity contribution is 5.81. The number of rotatable bonds is 12. The van der Waals surface area contributed by atoms with E-state index in [-0.39, 0.29) is 23.2 Å². The van der Waals surface area contributed by atoms with Crippen molar-refractivity contribution in [3.8, 4) is 0 Å². The van der Waals surface area contributed by atoms with Crippen LogP contribution in [0.1, 0.15) is 22.9 Å². The van der Waals surface area contributed by atoms with Gasteiger partial charge in [0.05, 0.1) is 34.0 Å². The molecule has 0 amide bonds. The van der Waals surface area contributed by atoms with Crippen LogP contribution in [0.25, 0.3) is 0 Å². The molecular formula is C27H27N7O6. The van der Waals surface area contributed by atoms with Gasteiger partial charge < -0.3 is 0 Å². The molecule has 0 saturated carbocycles. The van der Waals surface area contributed by atoms with Gasteiger partial charge in [-0.1, -0.05) is 36.4 Å².